The molecule has 0 fully saturated rings. The summed E-state index contributed by atoms with van der Waals surface area (Å²) in [4.78, 5) is 0. The third-order valence-electron chi connectivity index (χ3n) is 4.21. The summed E-state index contributed by atoms with van der Waals surface area (Å²) in [5.74, 6) is 0. The normalized spacial score (nSPS) is 13.7. The van der Waals surface area contributed by atoms with Gasteiger partial charge in [0.2, 0.25) is 0 Å². The Morgan fingerprint density at radius 2 is 1.28 bits per heavy atom. The molecule has 0 radical (unpaired) electrons. The van der Waals surface area contributed by atoms with E-state index in [0.717, 1.165) is 18.2 Å². The van der Waals surface area contributed by atoms with Gasteiger partial charge in [-0.15, -0.1) is 0 Å². The van der Waals surface area contributed by atoms with Crippen molar-refractivity contribution >= 4 is 15.9 Å². The van der Waals surface area contributed by atoms with Gasteiger partial charge in [-0.2, -0.15) is 39.5 Å². The number of hydrogen-bond donors (Lipinski definition) is 0. The van der Waals surface area contributed by atoms with Crippen LogP contribution in [0.25, 0.3) is 11.1 Å². The topological polar surface area (TPSA) is 0 Å². The minimum absolute atomic E-state index is 0.0847. The molecule has 11 heteroatoms. The average Bonchev–Trinajstić information content (AvgIpc) is 2.57. The molecule has 0 nitrogen and oxygen atoms in total. The molecule has 0 amide bonds. The summed E-state index contributed by atoms with van der Waals surface area (Å²) in [5.41, 5.74) is -11.7. The Kier molecular flexibility index (Phi) is 6.06. The number of aryl methyl sites for hydroxylation is 1. The zero-order valence-corrected chi connectivity index (χ0v) is 15.9. The fourth-order valence-electron chi connectivity index (χ4n) is 2.83. The average molecular weight is 497 g/mol. The van der Waals surface area contributed by atoms with Crippen LogP contribution in [0, 0.1) is 0 Å². The standard InChI is InChI=1S/C18H11BrF10/c1-2-9-7-12(15(20,17(24,25)26)18(27,28)29)14(13(19)8-9)10-5-3-4-6-11(10)16(21,22)23/h3-8H,2H2,1H3. The zero-order chi connectivity index (χ0) is 22.4. The van der Waals surface area contributed by atoms with Gasteiger partial charge in [0.15, 0.2) is 0 Å². The largest absolute Gasteiger partial charge is 0.435 e. The Morgan fingerprint density at radius 1 is 0.759 bits per heavy atom. The molecule has 0 atom stereocenters. The first-order valence-electron chi connectivity index (χ1n) is 7.87. The minimum atomic E-state index is -6.47. The van der Waals surface area contributed by atoms with Gasteiger partial charge in [0, 0.05) is 15.6 Å². The van der Waals surface area contributed by atoms with Crippen LogP contribution in [-0.2, 0) is 18.3 Å². The Balaban J connectivity index is 3.06. The Hall–Kier alpha value is -1.78. The molecule has 0 N–H and O–H groups in total. The van der Waals surface area contributed by atoms with Gasteiger partial charge < -0.3 is 0 Å². The molecule has 2 rings (SSSR count). The number of halogens is 11. The van der Waals surface area contributed by atoms with Crippen LogP contribution < -0.4 is 0 Å². The highest BCUT2D eigenvalue weighted by Crippen LogP contribution is 2.57. The molecule has 0 aliphatic heterocycles. The molecule has 0 heterocycles. The van der Waals surface area contributed by atoms with Gasteiger partial charge in [0.25, 0.3) is 0 Å². The maximum Gasteiger partial charge on any atom is 0.435 e. The summed E-state index contributed by atoms with van der Waals surface area (Å²) in [6, 6.07) is 4.44. The number of hydrogen-bond acceptors (Lipinski definition) is 0. The molecule has 0 saturated carbocycles. The number of alkyl halides is 10. The predicted octanol–water partition coefficient (Wildman–Crippen LogP) is 7.99. The first kappa shape index (κ1) is 23.5. The van der Waals surface area contributed by atoms with Crippen LogP contribution in [-0.4, -0.2) is 12.4 Å². The molecule has 2 aromatic carbocycles. The second-order valence-corrected chi connectivity index (χ2v) is 6.91. The summed E-state index contributed by atoms with van der Waals surface area (Å²) in [6.45, 7) is 1.38. The van der Waals surface area contributed by atoms with Crippen molar-refractivity contribution in [2.24, 2.45) is 0 Å². The molecule has 2 aromatic rings. The molecule has 0 unspecified atom stereocenters. The Labute approximate surface area is 166 Å². The predicted molar refractivity (Wildman–Crippen MR) is 88.9 cm³/mol. The van der Waals surface area contributed by atoms with Crippen molar-refractivity contribution in [1.29, 1.82) is 0 Å². The van der Waals surface area contributed by atoms with E-state index in [-0.39, 0.29) is 12.0 Å². The summed E-state index contributed by atoms with van der Waals surface area (Å²) in [6.07, 6.45) is -18.1. The minimum Gasteiger partial charge on any atom is -0.218 e. The molecule has 0 aliphatic carbocycles. The maximum atomic E-state index is 14.9. The summed E-state index contributed by atoms with van der Waals surface area (Å²) in [5, 5.41) is 0. The molecule has 0 saturated heterocycles. The lowest BCUT2D eigenvalue weighted by Gasteiger charge is -2.33. The van der Waals surface area contributed by atoms with Crippen LogP contribution in [0.4, 0.5) is 43.9 Å². The fourth-order valence-corrected chi connectivity index (χ4v) is 3.55. The van der Waals surface area contributed by atoms with Gasteiger partial charge in [-0.05, 0) is 29.7 Å². The van der Waals surface area contributed by atoms with Crippen molar-refractivity contribution in [2.75, 3.05) is 0 Å². The summed E-state index contributed by atoms with van der Waals surface area (Å²) < 4.78 is 134. The van der Waals surface area contributed by atoms with Gasteiger partial charge >= 0.3 is 24.2 Å². The van der Waals surface area contributed by atoms with Crippen molar-refractivity contribution < 1.29 is 43.9 Å². The molecule has 0 spiro atoms. The highest BCUT2D eigenvalue weighted by molar-refractivity contribution is 9.10. The molecular weight excluding hydrogens is 486 g/mol. The van der Waals surface area contributed by atoms with Crippen molar-refractivity contribution in [3.8, 4) is 11.1 Å². The van der Waals surface area contributed by atoms with E-state index in [4.69, 9.17) is 0 Å². The lowest BCUT2D eigenvalue weighted by Crippen LogP contribution is -2.50. The van der Waals surface area contributed by atoms with E-state index in [9.17, 15) is 43.9 Å². The van der Waals surface area contributed by atoms with Crippen molar-refractivity contribution in [1.82, 2.24) is 0 Å². The van der Waals surface area contributed by atoms with Gasteiger partial charge in [-0.25, -0.2) is 4.39 Å². The molecule has 160 valence electrons. The highest BCUT2D eigenvalue weighted by Gasteiger charge is 2.74. The number of benzene rings is 2. The van der Waals surface area contributed by atoms with Crippen LogP contribution in [0.3, 0.4) is 0 Å². The third-order valence-corrected chi connectivity index (χ3v) is 4.84. The van der Waals surface area contributed by atoms with Crippen LogP contribution >= 0.6 is 15.9 Å². The molecular formula is C18H11BrF10. The third kappa shape index (κ3) is 4.10. The second-order valence-electron chi connectivity index (χ2n) is 6.05. The Morgan fingerprint density at radius 3 is 1.72 bits per heavy atom. The maximum absolute atomic E-state index is 14.9. The fraction of sp³-hybridized carbons (Fsp3) is 0.333. The van der Waals surface area contributed by atoms with E-state index in [1.165, 1.54) is 6.92 Å². The van der Waals surface area contributed by atoms with E-state index < -0.39 is 50.9 Å². The van der Waals surface area contributed by atoms with Crippen molar-refractivity contribution in [3.05, 3.63) is 57.6 Å². The van der Waals surface area contributed by atoms with Crippen molar-refractivity contribution in [3.63, 3.8) is 0 Å². The molecule has 0 aromatic heterocycles. The second kappa shape index (κ2) is 7.48. The van der Waals surface area contributed by atoms with Crippen molar-refractivity contribution in [2.45, 2.75) is 37.5 Å². The number of rotatable bonds is 3. The van der Waals surface area contributed by atoms with Crippen LogP contribution in [0.2, 0.25) is 0 Å². The SMILES string of the molecule is CCc1cc(Br)c(-c2ccccc2C(F)(F)F)c(C(F)(C(F)(F)F)C(F)(F)F)c1. The first-order chi connectivity index (χ1) is 13.1. The highest BCUT2D eigenvalue weighted by atomic mass is 79.9. The lowest BCUT2D eigenvalue weighted by atomic mass is 9.84. The van der Waals surface area contributed by atoms with E-state index >= 15 is 0 Å². The van der Waals surface area contributed by atoms with Crippen LogP contribution in [0.5, 0.6) is 0 Å². The quantitative estimate of drug-likeness (QED) is 0.378. The molecule has 0 aliphatic rings. The Bertz CT molecular complexity index is 879. The van der Waals surface area contributed by atoms with E-state index in [2.05, 4.69) is 15.9 Å². The van der Waals surface area contributed by atoms with Crippen LogP contribution in [0.1, 0.15) is 23.6 Å². The smallest absolute Gasteiger partial charge is 0.218 e. The van der Waals surface area contributed by atoms with E-state index in [1.807, 2.05) is 0 Å². The molecule has 0 bridgehead atoms. The monoisotopic (exact) mass is 496 g/mol. The first-order valence-corrected chi connectivity index (χ1v) is 8.66. The van der Waals surface area contributed by atoms with E-state index in [0.29, 0.717) is 18.2 Å². The van der Waals surface area contributed by atoms with Gasteiger partial charge in [0.1, 0.15) is 0 Å². The van der Waals surface area contributed by atoms with Crippen LogP contribution in [0.15, 0.2) is 40.9 Å². The van der Waals surface area contributed by atoms with E-state index in [1.54, 1.807) is 0 Å². The van der Waals surface area contributed by atoms with Gasteiger partial charge in [0.05, 0.1) is 5.56 Å². The molecule has 29 heavy (non-hydrogen) atoms. The summed E-state index contributed by atoms with van der Waals surface area (Å²) >= 11 is 2.73. The zero-order valence-electron chi connectivity index (χ0n) is 14.3. The van der Waals surface area contributed by atoms with Gasteiger partial charge in [-0.3, -0.25) is 0 Å². The summed E-state index contributed by atoms with van der Waals surface area (Å²) in [7, 11) is 0. The lowest BCUT2D eigenvalue weighted by molar-refractivity contribution is -0.348. The van der Waals surface area contributed by atoms with Gasteiger partial charge in [-0.1, -0.05) is 47.1 Å².